The zero-order valence-corrected chi connectivity index (χ0v) is 12.8. The lowest BCUT2D eigenvalue weighted by atomic mass is 10.2. The van der Waals surface area contributed by atoms with E-state index in [1.54, 1.807) is 30.3 Å². The third kappa shape index (κ3) is 4.32. The number of amides is 1. The number of hydrogen-bond donors (Lipinski definition) is 2. The number of benzene rings is 1. The van der Waals surface area contributed by atoms with E-state index in [-0.39, 0.29) is 10.8 Å². The summed E-state index contributed by atoms with van der Waals surface area (Å²) in [7, 11) is 0. The van der Waals surface area contributed by atoms with E-state index in [1.165, 1.54) is 12.1 Å². The van der Waals surface area contributed by atoms with Crippen LogP contribution in [0.25, 0.3) is 6.08 Å². The maximum atomic E-state index is 11.7. The lowest BCUT2D eigenvalue weighted by Crippen LogP contribution is -2.06. The molecule has 0 atom stereocenters. The molecule has 0 unspecified atom stereocenters. The van der Waals surface area contributed by atoms with Gasteiger partial charge < -0.3 is 10.4 Å². The van der Waals surface area contributed by atoms with Crippen molar-refractivity contribution < 1.29 is 14.7 Å². The number of anilines is 1. The summed E-state index contributed by atoms with van der Waals surface area (Å²) in [5.74, 6) is -1.38. The van der Waals surface area contributed by atoms with Crippen molar-refractivity contribution in [3.05, 3.63) is 56.9 Å². The van der Waals surface area contributed by atoms with Crippen LogP contribution in [0.1, 0.15) is 15.2 Å². The van der Waals surface area contributed by atoms with Gasteiger partial charge in [0.15, 0.2) is 0 Å². The van der Waals surface area contributed by atoms with Gasteiger partial charge in [-0.1, -0.05) is 29.3 Å². The van der Waals surface area contributed by atoms with E-state index in [1.807, 2.05) is 0 Å². The topological polar surface area (TPSA) is 66.4 Å². The zero-order chi connectivity index (χ0) is 15.4. The quantitative estimate of drug-likeness (QED) is 0.809. The predicted octanol–water partition coefficient (Wildman–Crippen LogP) is 4.41. The highest BCUT2D eigenvalue weighted by molar-refractivity contribution is 7.18. The number of carboxylic acid groups (broad SMARTS) is 1. The second-order valence-electron chi connectivity index (χ2n) is 3.97. The van der Waals surface area contributed by atoms with Gasteiger partial charge in [0, 0.05) is 6.08 Å². The van der Waals surface area contributed by atoms with E-state index in [0.29, 0.717) is 15.0 Å². The van der Waals surface area contributed by atoms with Gasteiger partial charge in [-0.3, -0.25) is 4.79 Å². The van der Waals surface area contributed by atoms with Gasteiger partial charge in [-0.2, -0.15) is 0 Å². The number of rotatable bonds is 4. The third-order valence-corrected chi connectivity index (χ3v) is 4.16. The fourth-order valence-corrected chi connectivity index (χ4v) is 2.53. The molecule has 2 aromatic rings. The van der Waals surface area contributed by atoms with Gasteiger partial charge in [-0.15, -0.1) is 11.3 Å². The molecule has 0 radical (unpaired) electrons. The van der Waals surface area contributed by atoms with Crippen molar-refractivity contribution in [3.63, 3.8) is 0 Å². The van der Waals surface area contributed by atoms with Crippen molar-refractivity contribution in [1.29, 1.82) is 0 Å². The molecule has 108 valence electrons. The molecule has 1 amide bonds. The van der Waals surface area contributed by atoms with Crippen LogP contribution >= 0.6 is 34.5 Å². The van der Waals surface area contributed by atoms with Crippen LogP contribution in [0, 0.1) is 0 Å². The molecule has 0 aliphatic carbocycles. The van der Waals surface area contributed by atoms with Crippen LogP contribution in [0.4, 0.5) is 5.00 Å². The second-order valence-corrected chi connectivity index (χ2v) is 5.86. The largest absolute Gasteiger partial charge is 0.477 e. The summed E-state index contributed by atoms with van der Waals surface area (Å²) in [6, 6.07) is 7.98. The first-order valence-electron chi connectivity index (χ1n) is 5.73. The Morgan fingerprint density at radius 1 is 1.14 bits per heavy atom. The molecular weight excluding hydrogens is 333 g/mol. The summed E-state index contributed by atoms with van der Waals surface area (Å²) in [5.41, 5.74) is 0.733. The highest BCUT2D eigenvalue weighted by Crippen LogP contribution is 2.24. The van der Waals surface area contributed by atoms with Crippen LogP contribution in [-0.4, -0.2) is 17.0 Å². The Kier molecular flexibility index (Phi) is 5.01. The molecule has 0 bridgehead atoms. The van der Waals surface area contributed by atoms with E-state index in [9.17, 15) is 9.59 Å². The first-order chi connectivity index (χ1) is 9.95. The minimum Gasteiger partial charge on any atom is -0.477 e. The molecule has 2 rings (SSSR count). The van der Waals surface area contributed by atoms with Crippen molar-refractivity contribution >= 4 is 57.5 Å². The van der Waals surface area contributed by atoms with Crippen LogP contribution in [0.15, 0.2) is 36.4 Å². The second kappa shape index (κ2) is 6.76. The van der Waals surface area contributed by atoms with E-state index in [0.717, 1.165) is 16.9 Å². The monoisotopic (exact) mass is 341 g/mol. The first-order valence-corrected chi connectivity index (χ1v) is 7.30. The summed E-state index contributed by atoms with van der Waals surface area (Å²) in [6.07, 6.45) is 2.92. The molecule has 1 aromatic heterocycles. The fourth-order valence-electron chi connectivity index (χ4n) is 1.47. The molecule has 4 nitrogen and oxygen atoms in total. The molecule has 1 heterocycles. The number of halogens is 2. The van der Waals surface area contributed by atoms with Gasteiger partial charge in [-0.25, -0.2) is 4.79 Å². The Balaban J connectivity index is 2.01. The number of carboxylic acids is 1. The Morgan fingerprint density at radius 2 is 1.90 bits per heavy atom. The molecule has 0 fully saturated rings. The summed E-state index contributed by atoms with van der Waals surface area (Å²) in [6.45, 7) is 0. The Hall–Kier alpha value is -1.82. The van der Waals surface area contributed by atoms with Gasteiger partial charge >= 0.3 is 5.97 Å². The number of thiophene rings is 1. The number of nitrogens with one attached hydrogen (secondary N) is 1. The van der Waals surface area contributed by atoms with Crippen molar-refractivity contribution in [3.8, 4) is 0 Å². The van der Waals surface area contributed by atoms with Crippen molar-refractivity contribution in [2.24, 2.45) is 0 Å². The van der Waals surface area contributed by atoms with Gasteiger partial charge in [0.05, 0.1) is 15.0 Å². The summed E-state index contributed by atoms with van der Waals surface area (Å²) >= 11 is 12.7. The lowest BCUT2D eigenvalue weighted by molar-refractivity contribution is -0.111. The van der Waals surface area contributed by atoms with Gasteiger partial charge in [0.25, 0.3) is 0 Å². The summed E-state index contributed by atoms with van der Waals surface area (Å²) < 4.78 is 0. The lowest BCUT2D eigenvalue weighted by Gasteiger charge is -1.99. The average Bonchev–Trinajstić information content (AvgIpc) is 2.89. The summed E-state index contributed by atoms with van der Waals surface area (Å²) in [5, 5.41) is 12.7. The Labute approximate surface area is 134 Å². The minimum absolute atomic E-state index is 0.166. The molecular formula is C14H9Cl2NO3S. The molecule has 0 aliphatic heterocycles. The number of hydrogen-bond acceptors (Lipinski definition) is 3. The molecule has 0 saturated carbocycles. The van der Waals surface area contributed by atoms with Gasteiger partial charge in [-0.05, 0) is 35.9 Å². The third-order valence-electron chi connectivity index (χ3n) is 2.43. The van der Waals surface area contributed by atoms with E-state index >= 15 is 0 Å². The predicted molar refractivity (Wildman–Crippen MR) is 85.4 cm³/mol. The molecule has 7 heteroatoms. The normalized spacial score (nSPS) is 10.8. The van der Waals surface area contributed by atoms with Crippen molar-refractivity contribution in [2.45, 2.75) is 0 Å². The molecule has 0 spiro atoms. The molecule has 0 aliphatic rings. The van der Waals surface area contributed by atoms with Crippen LogP contribution in [0.2, 0.25) is 10.0 Å². The van der Waals surface area contributed by atoms with Gasteiger partial charge in [0.1, 0.15) is 4.88 Å². The fraction of sp³-hybridized carbons (Fsp3) is 0. The summed E-state index contributed by atoms with van der Waals surface area (Å²) in [4.78, 5) is 22.6. The van der Waals surface area contributed by atoms with Crippen LogP contribution in [0.5, 0.6) is 0 Å². The van der Waals surface area contributed by atoms with Gasteiger partial charge in [0.2, 0.25) is 5.91 Å². The maximum Gasteiger partial charge on any atom is 0.345 e. The van der Waals surface area contributed by atoms with Crippen LogP contribution in [-0.2, 0) is 4.79 Å². The number of carbonyl (C=O) groups excluding carboxylic acids is 1. The maximum absolute atomic E-state index is 11.7. The molecule has 0 saturated heterocycles. The minimum atomic E-state index is -1.02. The molecule has 21 heavy (non-hydrogen) atoms. The van der Waals surface area contributed by atoms with E-state index < -0.39 is 5.97 Å². The van der Waals surface area contributed by atoms with Crippen LogP contribution in [0.3, 0.4) is 0 Å². The van der Waals surface area contributed by atoms with E-state index in [4.69, 9.17) is 28.3 Å². The highest BCUT2D eigenvalue weighted by atomic mass is 35.5. The molecule has 1 aromatic carbocycles. The Bertz CT molecular complexity index is 725. The van der Waals surface area contributed by atoms with Crippen molar-refractivity contribution in [1.82, 2.24) is 0 Å². The average molecular weight is 342 g/mol. The number of aromatic carboxylic acids is 1. The molecule has 2 N–H and O–H groups in total. The van der Waals surface area contributed by atoms with E-state index in [2.05, 4.69) is 5.32 Å². The smallest absolute Gasteiger partial charge is 0.345 e. The first kappa shape index (κ1) is 15.6. The number of carbonyl (C=O) groups is 2. The van der Waals surface area contributed by atoms with Crippen LogP contribution < -0.4 is 5.32 Å². The van der Waals surface area contributed by atoms with Crippen molar-refractivity contribution in [2.75, 3.05) is 5.32 Å². The highest BCUT2D eigenvalue weighted by Gasteiger charge is 2.07. The Morgan fingerprint density at radius 3 is 2.52 bits per heavy atom. The zero-order valence-electron chi connectivity index (χ0n) is 10.5. The SMILES string of the molecule is O=C(/C=C/c1ccc(Cl)c(Cl)c1)Nc1ccc(C(=O)O)s1. The standard InChI is InChI=1S/C14H9Cl2NO3S/c15-9-3-1-8(7-10(9)16)2-5-12(18)17-13-6-4-11(21-13)14(19)20/h1-7H,(H,17,18)(H,19,20)/b5-2+.